The van der Waals surface area contributed by atoms with Crippen molar-refractivity contribution in [2.75, 3.05) is 13.1 Å². The fourth-order valence-electron chi connectivity index (χ4n) is 1.74. The second-order valence-electron chi connectivity index (χ2n) is 4.25. The van der Waals surface area contributed by atoms with Crippen LogP contribution in [-0.4, -0.2) is 23.9 Å². The minimum atomic E-state index is -4.37. The first kappa shape index (κ1) is 16.0. The number of carbonyl (C=O) groups is 1. The van der Waals surface area contributed by atoms with Crippen molar-refractivity contribution in [3.63, 3.8) is 0 Å². The van der Waals surface area contributed by atoms with Crippen LogP contribution >= 0.6 is 0 Å². The number of halogens is 3. The quantitative estimate of drug-likeness (QED) is 0.834. The molecule has 6 heteroatoms. The van der Waals surface area contributed by atoms with E-state index in [1.807, 2.05) is 6.07 Å². The van der Waals surface area contributed by atoms with Gasteiger partial charge in [-0.3, -0.25) is 4.79 Å². The first-order valence-corrected chi connectivity index (χ1v) is 6.19. The molecule has 0 N–H and O–H groups in total. The highest BCUT2D eigenvalue weighted by Gasteiger charge is 2.30. The van der Waals surface area contributed by atoms with Crippen LogP contribution in [0.4, 0.5) is 13.2 Å². The van der Waals surface area contributed by atoms with Crippen molar-refractivity contribution in [2.24, 2.45) is 0 Å². The van der Waals surface area contributed by atoms with Crippen LogP contribution < -0.4 is 0 Å². The average molecular weight is 284 g/mol. The van der Waals surface area contributed by atoms with Crippen LogP contribution in [-0.2, 0) is 17.4 Å². The fourth-order valence-corrected chi connectivity index (χ4v) is 1.74. The number of rotatable bonds is 5. The van der Waals surface area contributed by atoms with E-state index < -0.39 is 11.7 Å². The smallest absolute Gasteiger partial charge is 0.342 e. The summed E-state index contributed by atoms with van der Waals surface area (Å²) in [5.41, 5.74) is -0.205. The van der Waals surface area contributed by atoms with Gasteiger partial charge in [0.15, 0.2) is 0 Å². The third-order valence-electron chi connectivity index (χ3n) is 2.86. The van der Waals surface area contributed by atoms with E-state index in [1.54, 1.807) is 6.92 Å². The Morgan fingerprint density at radius 3 is 2.35 bits per heavy atom. The maximum Gasteiger partial charge on any atom is 0.416 e. The maximum absolute atomic E-state index is 12.4. The lowest BCUT2D eigenvalue weighted by Crippen LogP contribution is -2.32. The van der Waals surface area contributed by atoms with Crippen LogP contribution in [0.25, 0.3) is 0 Å². The molecule has 0 heterocycles. The first-order chi connectivity index (χ1) is 9.38. The zero-order valence-electron chi connectivity index (χ0n) is 11.1. The molecule has 0 spiro atoms. The van der Waals surface area contributed by atoms with Crippen molar-refractivity contribution < 1.29 is 18.0 Å². The van der Waals surface area contributed by atoms with E-state index in [0.29, 0.717) is 18.7 Å². The van der Waals surface area contributed by atoms with Gasteiger partial charge in [-0.2, -0.15) is 18.4 Å². The number of alkyl halides is 3. The van der Waals surface area contributed by atoms with Gasteiger partial charge in [-0.1, -0.05) is 12.1 Å². The van der Waals surface area contributed by atoms with Gasteiger partial charge < -0.3 is 4.90 Å². The van der Waals surface area contributed by atoms with Gasteiger partial charge in [0.2, 0.25) is 5.91 Å². The molecule has 20 heavy (non-hydrogen) atoms. The predicted octanol–water partition coefficient (Wildman–Crippen LogP) is 3.01. The van der Waals surface area contributed by atoms with Gasteiger partial charge in [0, 0.05) is 13.1 Å². The van der Waals surface area contributed by atoms with Crippen molar-refractivity contribution >= 4 is 5.91 Å². The molecule has 1 rings (SSSR count). The minimum Gasteiger partial charge on any atom is -0.342 e. The number of likely N-dealkylation sites (N-methyl/N-ethyl adjacent to an activating group) is 1. The molecule has 1 aromatic carbocycles. The monoisotopic (exact) mass is 284 g/mol. The zero-order chi connectivity index (χ0) is 15.2. The number of nitrogens with zero attached hydrogens (tertiary/aromatic N) is 2. The van der Waals surface area contributed by atoms with Crippen molar-refractivity contribution in [2.45, 2.75) is 25.9 Å². The fraction of sp³-hybridized carbons (Fsp3) is 0.429. The summed E-state index contributed by atoms with van der Waals surface area (Å²) < 4.78 is 37.2. The van der Waals surface area contributed by atoms with Gasteiger partial charge in [-0.05, 0) is 24.6 Å². The van der Waals surface area contributed by atoms with Gasteiger partial charge in [0.25, 0.3) is 0 Å². The maximum atomic E-state index is 12.4. The van der Waals surface area contributed by atoms with E-state index in [1.165, 1.54) is 17.0 Å². The topological polar surface area (TPSA) is 44.1 Å². The second-order valence-corrected chi connectivity index (χ2v) is 4.25. The minimum absolute atomic E-state index is 0.0391. The molecule has 0 aliphatic heterocycles. The summed E-state index contributed by atoms with van der Waals surface area (Å²) in [6.45, 7) is 2.61. The second kappa shape index (κ2) is 6.94. The predicted molar refractivity (Wildman–Crippen MR) is 67.6 cm³/mol. The lowest BCUT2D eigenvalue weighted by atomic mass is 10.1. The van der Waals surface area contributed by atoms with Crippen molar-refractivity contribution in [1.29, 1.82) is 5.26 Å². The van der Waals surface area contributed by atoms with Crippen LogP contribution in [0.3, 0.4) is 0 Å². The molecule has 0 saturated carbocycles. The highest BCUT2D eigenvalue weighted by atomic mass is 19.4. The highest BCUT2D eigenvalue weighted by molar-refractivity contribution is 5.78. The third kappa shape index (κ3) is 4.57. The normalized spacial score (nSPS) is 10.9. The molecule has 0 aliphatic rings. The summed E-state index contributed by atoms with van der Waals surface area (Å²) in [7, 11) is 0. The first-order valence-electron chi connectivity index (χ1n) is 6.19. The van der Waals surface area contributed by atoms with E-state index in [4.69, 9.17) is 5.26 Å². The summed E-state index contributed by atoms with van der Waals surface area (Å²) in [5, 5.41) is 8.49. The van der Waals surface area contributed by atoms with E-state index >= 15 is 0 Å². The number of hydrogen-bond donors (Lipinski definition) is 0. The van der Waals surface area contributed by atoms with Crippen LogP contribution in [0.2, 0.25) is 0 Å². The Labute approximate surface area is 115 Å². The zero-order valence-corrected chi connectivity index (χ0v) is 11.1. The third-order valence-corrected chi connectivity index (χ3v) is 2.86. The standard InChI is InChI=1S/C14H15F3N2O/c1-2-19(9-3-8-18)13(20)10-11-4-6-12(7-5-11)14(15,16)17/h4-7H,2-3,9-10H2,1H3. The molecule has 0 aromatic heterocycles. The molecule has 0 bridgehead atoms. The lowest BCUT2D eigenvalue weighted by Gasteiger charge is -2.19. The SMILES string of the molecule is CCN(CCC#N)C(=O)Cc1ccc(C(F)(F)F)cc1. The molecule has 108 valence electrons. The molecule has 0 radical (unpaired) electrons. The number of benzene rings is 1. The van der Waals surface area contributed by atoms with E-state index in [2.05, 4.69) is 0 Å². The molecular formula is C14H15F3N2O. The Morgan fingerprint density at radius 1 is 1.30 bits per heavy atom. The number of amides is 1. The summed E-state index contributed by atoms with van der Waals surface area (Å²) in [4.78, 5) is 13.4. The molecule has 0 unspecified atom stereocenters. The van der Waals surface area contributed by atoms with Gasteiger partial charge in [0.1, 0.15) is 0 Å². The van der Waals surface area contributed by atoms with Gasteiger partial charge in [-0.25, -0.2) is 0 Å². The molecule has 0 atom stereocenters. The van der Waals surface area contributed by atoms with Crippen molar-refractivity contribution in [1.82, 2.24) is 4.90 Å². The average Bonchev–Trinajstić information content (AvgIpc) is 2.39. The molecular weight excluding hydrogens is 269 g/mol. The summed E-state index contributed by atoms with van der Waals surface area (Å²) in [6, 6.07) is 6.50. The Balaban J connectivity index is 2.68. The van der Waals surface area contributed by atoms with Crippen LogP contribution in [0.5, 0.6) is 0 Å². The van der Waals surface area contributed by atoms with E-state index in [9.17, 15) is 18.0 Å². The summed E-state index contributed by atoms with van der Waals surface area (Å²) >= 11 is 0. The highest BCUT2D eigenvalue weighted by Crippen LogP contribution is 2.29. The van der Waals surface area contributed by atoms with E-state index in [-0.39, 0.29) is 18.7 Å². The van der Waals surface area contributed by atoms with Gasteiger partial charge >= 0.3 is 6.18 Å². The van der Waals surface area contributed by atoms with Crippen molar-refractivity contribution in [3.05, 3.63) is 35.4 Å². The van der Waals surface area contributed by atoms with Crippen LogP contribution in [0.15, 0.2) is 24.3 Å². The van der Waals surface area contributed by atoms with Crippen molar-refractivity contribution in [3.8, 4) is 6.07 Å². The number of nitriles is 1. The molecule has 1 amide bonds. The Bertz CT molecular complexity index is 489. The lowest BCUT2D eigenvalue weighted by molar-refractivity contribution is -0.137. The largest absolute Gasteiger partial charge is 0.416 e. The molecule has 3 nitrogen and oxygen atoms in total. The molecule has 1 aromatic rings. The Morgan fingerprint density at radius 2 is 1.90 bits per heavy atom. The van der Waals surface area contributed by atoms with Gasteiger partial charge in [0.05, 0.1) is 24.5 Å². The van der Waals surface area contributed by atoms with Crippen LogP contribution in [0, 0.1) is 11.3 Å². The molecule has 0 aliphatic carbocycles. The van der Waals surface area contributed by atoms with Gasteiger partial charge in [-0.15, -0.1) is 0 Å². The number of hydrogen-bond acceptors (Lipinski definition) is 2. The Hall–Kier alpha value is -2.03. The van der Waals surface area contributed by atoms with E-state index in [0.717, 1.165) is 12.1 Å². The molecule has 0 fully saturated rings. The number of carbonyl (C=O) groups excluding carboxylic acids is 1. The Kier molecular flexibility index (Phi) is 5.56. The summed E-state index contributed by atoms with van der Waals surface area (Å²) in [5.74, 6) is -0.192. The molecule has 0 saturated heterocycles. The summed E-state index contributed by atoms with van der Waals surface area (Å²) in [6.07, 6.45) is -4.09. The van der Waals surface area contributed by atoms with Crippen LogP contribution in [0.1, 0.15) is 24.5 Å².